The third-order valence-electron chi connectivity index (χ3n) is 3.37. The van der Waals surface area contributed by atoms with Crippen molar-refractivity contribution >= 4 is 21.8 Å². The number of rotatable bonds is 4. The van der Waals surface area contributed by atoms with E-state index in [4.69, 9.17) is 4.74 Å². The number of hydrogen-bond acceptors (Lipinski definition) is 3. The molecule has 0 aliphatic carbocycles. The van der Waals surface area contributed by atoms with Gasteiger partial charge in [0.25, 0.3) is 5.91 Å². The average Bonchev–Trinajstić information content (AvgIpc) is 2.45. The van der Waals surface area contributed by atoms with Crippen LogP contribution in [0.5, 0.6) is 5.75 Å². The molecule has 9 heteroatoms. The molecule has 0 saturated carbocycles. The van der Waals surface area contributed by atoms with Crippen molar-refractivity contribution in [2.75, 3.05) is 39.3 Å². The van der Waals surface area contributed by atoms with Crippen LogP contribution in [0.15, 0.2) is 22.7 Å². The monoisotopic (exact) mass is 398 g/mol. The van der Waals surface area contributed by atoms with E-state index in [0.29, 0.717) is 4.47 Å². The first-order valence-corrected chi connectivity index (χ1v) is 7.68. The van der Waals surface area contributed by atoms with Crippen molar-refractivity contribution in [3.63, 3.8) is 0 Å². The number of nitrogens with zero attached hydrogens (tertiary/aromatic N) is 2. The van der Waals surface area contributed by atoms with Gasteiger partial charge in [0, 0.05) is 30.7 Å². The molecule has 0 N–H and O–H groups in total. The highest BCUT2D eigenvalue weighted by Crippen LogP contribution is 2.21. The van der Waals surface area contributed by atoms with E-state index in [1.54, 1.807) is 6.07 Å². The van der Waals surface area contributed by atoms with Gasteiger partial charge in [-0.15, -0.1) is 0 Å². The number of carbonyl (C=O) groups excluding carboxylic acids is 1. The van der Waals surface area contributed by atoms with Crippen molar-refractivity contribution in [2.45, 2.75) is 6.18 Å². The van der Waals surface area contributed by atoms with Gasteiger partial charge in [0.05, 0.1) is 6.54 Å². The lowest BCUT2D eigenvalue weighted by atomic mass is 10.3. The summed E-state index contributed by atoms with van der Waals surface area (Å²) in [4.78, 5) is 14.6. The van der Waals surface area contributed by atoms with Gasteiger partial charge in [-0.25, -0.2) is 4.39 Å². The van der Waals surface area contributed by atoms with Gasteiger partial charge in [0.15, 0.2) is 18.2 Å². The molecular weight excluding hydrogens is 384 g/mol. The van der Waals surface area contributed by atoms with Crippen LogP contribution in [-0.2, 0) is 4.79 Å². The van der Waals surface area contributed by atoms with Crippen LogP contribution >= 0.6 is 15.9 Å². The van der Waals surface area contributed by atoms with Gasteiger partial charge in [0.1, 0.15) is 0 Å². The van der Waals surface area contributed by atoms with E-state index >= 15 is 0 Å². The van der Waals surface area contributed by atoms with Gasteiger partial charge >= 0.3 is 6.18 Å². The molecule has 2 rings (SSSR count). The number of benzene rings is 1. The zero-order valence-electron chi connectivity index (χ0n) is 12.1. The third-order valence-corrected chi connectivity index (χ3v) is 3.87. The topological polar surface area (TPSA) is 32.8 Å². The predicted octanol–water partition coefficient (Wildman–Crippen LogP) is 2.67. The molecule has 1 aromatic rings. The summed E-state index contributed by atoms with van der Waals surface area (Å²) >= 11 is 3.11. The van der Waals surface area contributed by atoms with Gasteiger partial charge in [-0.2, -0.15) is 13.2 Å². The molecule has 0 spiro atoms. The van der Waals surface area contributed by atoms with Crippen LogP contribution in [-0.4, -0.2) is 61.2 Å². The Morgan fingerprint density at radius 3 is 2.43 bits per heavy atom. The second-order valence-corrected chi connectivity index (χ2v) is 6.05. The molecule has 0 bridgehead atoms. The fourth-order valence-corrected chi connectivity index (χ4v) is 2.57. The summed E-state index contributed by atoms with van der Waals surface area (Å²) in [6.45, 7) is -0.633. The summed E-state index contributed by atoms with van der Waals surface area (Å²) in [5.41, 5.74) is 0. The zero-order valence-corrected chi connectivity index (χ0v) is 13.7. The molecule has 1 aromatic carbocycles. The molecular formula is C14H15BrF4N2O2. The number of halogens is 5. The number of amides is 1. The summed E-state index contributed by atoms with van der Waals surface area (Å²) in [5, 5.41) is 0. The molecule has 0 aromatic heterocycles. The van der Waals surface area contributed by atoms with Crippen LogP contribution in [0.25, 0.3) is 0 Å². The lowest BCUT2D eigenvalue weighted by molar-refractivity contribution is -0.152. The summed E-state index contributed by atoms with van der Waals surface area (Å²) in [6, 6.07) is 4.20. The second-order valence-electron chi connectivity index (χ2n) is 5.14. The minimum atomic E-state index is -4.24. The van der Waals surface area contributed by atoms with E-state index in [1.165, 1.54) is 21.9 Å². The van der Waals surface area contributed by atoms with Crippen LogP contribution in [0.1, 0.15) is 0 Å². The first-order chi connectivity index (χ1) is 10.7. The van der Waals surface area contributed by atoms with E-state index in [2.05, 4.69) is 15.9 Å². The number of piperazine rings is 1. The second kappa shape index (κ2) is 7.48. The summed E-state index contributed by atoms with van der Waals surface area (Å²) in [7, 11) is 0. The van der Waals surface area contributed by atoms with Crippen LogP contribution < -0.4 is 4.74 Å². The molecule has 1 saturated heterocycles. The van der Waals surface area contributed by atoms with E-state index in [9.17, 15) is 22.4 Å². The molecule has 1 heterocycles. The lowest BCUT2D eigenvalue weighted by Gasteiger charge is -2.34. The Morgan fingerprint density at radius 1 is 1.22 bits per heavy atom. The van der Waals surface area contributed by atoms with Crippen LogP contribution in [0.4, 0.5) is 17.6 Å². The molecule has 1 amide bonds. The maximum atomic E-state index is 13.6. The maximum Gasteiger partial charge on any atom is 0.401 e. The molecule has 1 fully saturated rings. The largest absolute Gasteiger partial charge is 0.481 e. The van der Waals surface area contributed by atoms with E-state index in [1.807, 2.05) is 0 Å². The smallest absolute Gasteiger partial charge is 0.401 e. The SMILES string of the molecule is O=C(COc1ccc(Br)cc1F)N1CCN(CC(F)(F)F)CC1. The van der Waals surface area contributed by atoms with Crippen LogP contribution in [0.3, 0.4) is 0 Å². The average molecular weight is 399 g/mol. The Kier molecular flexibility index (Phi) is 5.85. The Labute approximate surface area is 139 Å². The number of ether oxygens (including phenoxy) is 1. The third kappa shape index (κ3) is 5.65. The van der Waals surface area contributed by atoms with E-state index in [-0.39, 0.29) is 44.4 Å². The minimum Gasteiger partial charge on any atom is -0.481 e. The van der Waals surface area contributed by atoms with E-state index in [0.717, 1.165) is 0 Å². The van der Waals surface area contributed by atoms with Gasteiger partial charge in [0.2, 0.25) is 0 Å². The fourth-order valence-electron chi connectivity index (χ4n) is 2.23. The Hall–Kier alpha value is -1.35. The summed E-state index contributed by atoms with van der Waals surface area (Å²) in [5.74, 6) is -1.02. The van der Waals surface area contributed by atoms with Crippen LogP contribution in [0, 0.1) is 5.82 Å². The van der Waals surface area contributed by atoms with E-state index < -0.39 is 18.5 Å². The van der Waals surface area contributed by atoms with Crippen molar-refractivity contribution in [2.24, 2.45) is 0 Å². The summed E-state index contributed by atoms with van der Waals surface area (Å²) in [6.07, 6.45) is -4.24. The molecule has 0 radical (unpaired) electrons. The van der Waals surface area contributed by atoms with Gasteiger partial charge in [-0.3, -0.25) is 9.69 Å². The Morgan fingerprint density at radius 2 is 1.87 bits per heavy atom. The molecule has 0 atom stereocenters. The minimum absolute atomic E-state index is 0.0442. The summed E-state index contributed by atoms with van der Waals surface area (Å²) < 4.78 is 56.1. The van der Waals surface area contributed by atoms with Crippen molar-refractivity contribution in [1.29, 1.82) is 0 Å². The molecule has 0 unspecified atom stereocenters. The highest BCUT2D eigenvalue weighted by Gasteiger charge is 2.32. The van der Waals surface area contributed by atoms with Crippen molar-refractivity contribution in [3.8, 4) is 5.75 Å². The van der Waals surface area contributed by atoms with Crippen molar-refractivity contribution < 1.29 is 27.1 Å². The highest BCUT2D eigenvalue weighted by atomic mass is 79.9. The molecule has 23 heavy (non-hydrogen) atoms. The molecule has 128 valence electrons. The van der Waals surface area contributed by atoms with Crippen molar-refractivity contribution in [3.05, 3.63) is 28.5 Å². The molecule has 1 aliphatic rings. The molecule has 4 nitrogen and oxygen atoms in total. The zero-order chi connectivity index (χ0) is 17.0. The van der Waals surface area contributed by atoms with Crippen molar-refractivity contribution in [1.82, 2.24) is 9.80 Å². The van der Waals surface area contributed by atoms with Gasteiger partial charge in [-0.1, -0.05) is 15.9 Å². The molecule has 1 aliphatic heterocycles. The first kappa shape index (κ1) is 18.0. The predicted molar refractivity (Wildman–Crippen MR) is 78.7 cm³/mol. The number of alkyl halides is 3. The normalized spacial score (nSPS) is 16.5. The van der Waals surface area contributed by atoms with Gasteiger partial charge < -0.3 is 9.64 Å². The van der Waals surface area contributed by atoms with Crippen LogP contribution in [0.2, 0.25) is 0 Å². The lowest BCUT2D eigenvalue weighted by Crippen LogP contribution is -2.51. The number of carbonyl (C=O) groups is 1. The maximum absolute atomic E-state index is 13.6. The Balaban J connectivity index is 1.79. The highest BCUT2D eigenvalue weighted by molar-refractivity contribution is 9.10. The Bertz CT molecular complexity index is 560. The standard InChI is InChI=1S/C14H15BrF4N2O2/c15-10-1-2-12(11(16)7-10)23-8-13(22)21-5-3-20(4-6-21)9-14(17,18)19/h1-2,7H,3-6,8-9H2. The first-order valence-electron chi connectivity index (χ1n) is 6.89. The van der Waals surface area contributed by atoms with Gasteiger partial charge in [-0.05, 0) is 18.2 Å². The number of hydrogen-bond donors (Lipinski definition) is 0. The quantitative estimate of drug-likeness (QED) is 0.731. The fraction of sp³-hybridized carbons (Fsp3) is 0.500.